The van der Waals surface area contributed by atoms with Crippen LogP contribution < -0.4 is 25.3 Å². The second kappa shape index (κ2) is 9.45. The lowest BCUT2D eigenvalue weighted by atomic mass is 10.2. The molecule has 2 aromatic carbocycles. The SMILES string of the molecule is CCOc1cc(CN=C(N)Nc2ccc(OC)cc2)ccc1OC(F)F. The standard InChI is InChI=1S/C18H21F2N3O3/c1-3-25-16-10-12(4-9-15(16)26-17(19)20)11-22-18(21)23-13-5-7-14(24-2)8-6-13/h4-10,17H,3,11H2,1-2H3,(H3,21,22,23). The van der Waals surface area contributed by atoms with Crippen molar-refractivity contribution in [1.82, 2.24) is 0 Å². The third-order valence-corrected chi connectivity index (χ3v) is 3.32. The summed E-state index contributed by atoms with van der Waals surface area (Å²) in [6.07, 6.45) is 0. The molecule has 0 amide bonds. The molecule has 3 N–H and O–H groups in total. The van der Waals surface area contributed by atoms with Gasteiger partial charge in [-0.25, -0.2) is 4.99 Å². The summed E-state index contributed by atoms with van der Waals surface area (Å²) in [5, 5.41) is 2.96. The number of nitrogens with one attached hydrogen (secondary N) is 1. The lowest BCUT2D eigenvalue weighted by Crippen LogP contribution is -2.22. The smallest absolute Gasteiger partial charge is 0.387 e. The Labute approximate surface area is 150 Å². The molecular weight excluding hydrogens is 344 g/mol. The van der Waals surface area contributed by atoms with Gasteiger partial charge in [0, 0.05) is 5.69 Å². The average molecular weight is 365 g/mol. The largest absolute Gasteiger partial charge is 0.497 e. The molecule has 0 aromatic heterocycles. The highest BCUT2D eigenvalue weighted by atomic mass is 19.3. The molecule has 26 heavy (non-hydrogen) atoms. The number of alkyl halides is 2. The molecule has 0 saturated carbocycles. The molecule has 0 spiro atoms. The number of anilines is 1. The van der Waals surface area contributed by atoms with E-state index in [1.165, 1.54) is 6.07 Å². The van der Waals surface area contributed by atoms with Crippen molar-refractivity contribution in [3.63, 3.8) is 0 Å². The second-order valence-electron chi connectivity index (χ2n) is 5.15. The molecule has 0 radical (unpaired) electrons. The molecule has 0 fully saturated rings. The Morgan fingerprint density at radius 3 is 2.50 bits per heavy atom. The van der Waals surface area contributed by atoms with Crippen LogP contribution in [0.4, 0.5) is 14.5 Å². The number of nitrogens with zero attached hydrogens (tertiary/aromatic N) is 1. The summed E-state index contributed by atoms with van der Waals surface area (Å²) in [6, 6.07) is 11.9. The topological polar surface area (TPSA) is 78.1 Å². The van der Waals surface area contributed by atoms with Gasteiger partial charge in [0.1, 0.15) is 5.75 Å². The number of nitrogens with two attached hydrogens (primary N) is 1. The second-order valence-corrected chi connectivity index (χ2v) is 5.15. The molecule has 2 aromatic rings. The third kappa shape index (κ3) is 5.80. The number of guanidine groups is 1. The Bertz CT molecular complexity index is 737. The molecule has 0 aliphatic heterocycles. The summed E-state index contributed by atoms with van der Waals surface area (Å²) in [5.74, 6) is 1.18. The fraction of sp³-hybridized carbons (Fsp3) is 0.278. The Kier molecular flexibility index (Phi) is 7.02. The van der Waals surface area contributed by atoms with E-state index in [0.717, 1.165) is 17.0 Å². The van der Waals surface area contributed by atoms with E-state index in [2.05, 4.69) is 15.0 Å². The first kappa shape index (κ1) is 19.3. The predicted molar refractivity (Wildman–Crippen MR) is 96.2 cm³/mol. The van der Waals surface area contributed by atoms with Crippen LogP contribution in [0.3, 0.4) is 0 Å². The molecule has 0 aliphatic carbocycles. The molecule has 0 saturated heterocycles. The van der Waals surface area contributed by atoms with Crippen LogP contribution in [0.1, 0.15) is 12.5 Å². The predicted octanol–water partition coefficient (Wildman–Crippen LogP) is 3.62. The molecule has 0 atom stereocenters. The molecule has 6 nitrogen and oxygen atoms in total. The van der Waals surface area contributed by atoms with Crippen LogP contribution in [0.25, 0.3) is 0 Å². The van der Waals surface area contributed by atoms with E-state index in [9.17, 15) is 8.78 Å². The van der Waals surface area contributed by atoms with Gasteiger partial charge in [-0.15, -0.1) is 0 Å². The van der Waals surface area contributed by atoms with Crippen molar-refractivity contribution in [3.8, 4) is 17.2 Å². The van der Waals surface area contributed by atoms with Crippen molar-refractivity contribution in [1.29, 1.82) is 0 Å². The van der Waals surface area contributed by atoms with Crippen molar-refractivity contribution in [3.05, 3.63) is 48.0 Å². The van der Waals surface area contributed by atoms with Crippen molar-refractivity contribution < 1.29 is 23.0 Å². The summed E-state index contributed by atoms with van der Waals surface area (Å²) < 4.78 is 39.7. The van der Waals surface area contributed by atoms with Gasteiger partial charge in [0.15, 0.2) is 17.5 Å². The molecule has 0 aliphatic rings. The highest BCUT2D eigenvalue weighted by molar-refractivity contribution is 5.92. The van der Waals surface area contributed by atoms with Crippen molar-refractivity contribution in [2.24, 2.45) is 10.7 Å². The van der Waals surface area contributed by atoms with Gasteiger partial charge in [0.05, 0.1) is 20.3 Å². The van der Waals surface area contributed by atoms with Crippen LogP contribution >= 0.6 is 0 Å². The fourth-order valence-electron chi connectivity index (χ4n) is 2.15. The average Bonchev–Trinajstić information content (AvgIpc) is 2.62. The summed E-state index contributed by atoms with van der Waals surface area (Å²) in [5.41, 5.74) is 7.38. The van der Waals surface area contributed by atoms with Gasteiger partial charge >= 0.3 is 6.61 Å². The monoisotopic (exact) mass is 365 g/mol. The fourth-order valence-corrected chi connectivity index (χ4v) is 2.15. The minimum absolute atomic E-state index is 0.0149. The number of aliphatic imine (C=N–C) groups is 1. The van der Waals surface area contributed by atoms with Crippen LogP contribution in [0.2, 0.25) is 0 Å². The molecule has 0 unspecified atom stereocenters. The highest BCUT2D eigenvalue weighted by Crippen LogP contribution is 2.30. The maximum absolute atomic E-state index is 12.4. The normalized spacial score (nSPS) is 11.3. The van der Waals surface area contributed by atoms with Crippen LogP contribution in [0.5, 0.6) is 17.2 Å². The van der Waals surface area contributed by atoms with E-state index in [4.69, 9.17) is 15.2 Å². The van der Waals surface area contributed by atoms with Crippen LogP contribution in [-0.2, 0) is 6.54 Å². The van der Waals surface area contributed by atoms with E-state index in [1.54, 1.807) is 38.3 Å². The van der Waals surface area contributed by atoms with E-state index in [0.29, 0.717) is 6.61 Å². The minimum Gasteiger partial charge on any atom is -0.497 e. The number of rotatable bonds is 8. The number of ether oxygens (including phenoxy) is 3. The van der Waals surface area contributed by atoms with Crippen LogP contribution in [0, 0.1) is 0 Å². The molecule has 0 heterocycles. The zero-order valence-corrected chi connectivity index (χ0v) is 14.5. The Morgan fingerprint density at radius 2 is 1.88 bits per heavy atom. The zero-order chi connectivity index (χ0) is 18.9. The lowest BCUT2D eigenvalue weighted by Gasteiger charge is -2.12. The van der Waals surface area contributed by atoms with E-state index in [-0.39, 0.29) is 24.0 Å². The van der Waals surface area contributed by atoms with Crippen molar-refractivity contribution >= 4 is 11.6 Å². The first-order valence-electron chi connectivity index (χ1n) is 7.93. The molecule has 2 rings (SSSR count). The highest BCUT2D eigenvalue weighted by Gasteiger charge is 2.11. The molecule has 8 heteroatoms. The van der Waals surface area contributed by atoms with Crippen LogP contribution in [0.15, 0.2) is 47.5 Å². The summed E-state index contributed by atoms with van der Waals surface area (Å²) in [4.78, 5) is 4.23. The molecule has 140 valence electrons. The van der Waals surface area contributed by atoms with Crippen molar-refractivity contribution in [2.75, 3.05) is 19.0 Å². The van der Waals surface area contributed by atoms with Gasteiger partial charge in [-0.1, -0.05) is 6.07 Å². The maximum Gasteiger partial charge on any atom is 0.387 e. The maximum atomic E-state index is 12.4. The molecular formula is C18H21F2N3O3. The number of hydrogen-bond acceptors (Lipinski definition) is 4. The van der Waals surface area contributed by atoms with Gasteiger partial charge in [0.2, 0.25) is 0 Å². The Morgan fingerprint density at radius 1 is 1.15 bits per heavy atom. The van der Waals surface area contributed by atoms with Crippen molar-refractivity contribution in [2.45, 2.75) is 20.1 Å². The van der Waals surface area contributed by atoms with Gasteiger partial charge in [0.25, 0.3) is 0 Å². The Balaban J connectivity index is 2.03. The number of halogens is 2. The van der Waals surface area contributed by atoms with Gasteiger partial charge < -0.3 is 25.3 Å². The van der Waals surface area contributed by atoms with Gasteiger partial charge in [-0.2, -0.15) is 8.78 Å². The number of benzene rings is 2. The summed E-state index contributed by atoms with van der Waals surface area (Å²) >= 11 is 0. The van der Waals surface area contributed by atoms with Gasteiger partial charge in [-0.3, -0.25) is 0 Å². The van der Waals surface area contributed by atoms with E-state index in [1.807, 2.05) is 12.1 Å². The summed E-state index contributed by atoms with van der Waals surface area (Å²) in [6.45, 7) is -0.576. The van der Waals surface area contributed by atoms with E-state index >= 15 is 0 Å². The lowest BCUT2D eigenvalue weighted by molar-refractivity contribution is -0.0514. The first-order chi connectivity index (χ1) is 12.5. The van der Waals surface area contributed by atoms with Gasteiger partial charge in [-0.05, 0) is 48.9 Å². The number of methoxy groups -OCH3 is 1. The zero-order valence-electron chi connectivity index (χ0n) is 14.5. The van der Waals surface area contributed by atoms with Crippen LogP contribution in [-0.4, -0.2) is 26.3 Å². The quantitative estimate of drug-likeness (QED) is 0.552. The Hall–Kier alpha value is -3.03. The number of hydrogen-bond donors (Lipinski definition) is 2. The summed E-state index contributed by atoms with van der Waals surface area (Å²) in [7, 11) is 1.59. The minimum atomic E-state index is -2.91. The first-order valence-corrected chi connectivity index (χ1v) is 7.93. The van der Waals surface area contributed by atoms with E-state index < -0.39 is 6.61 Å². The molecule has 0 bridgehead atoms. The third-order valence-electron chi connectivity index (χ3n) is 3.32.